The molecule has 0 saturated carbocycles. The topological polar surface area (TPSA) is 130 Å². The SMILES string of the molecule is CS(=O)(=O)OCCCOC1CC(C(=O)O)N(C(=O)O)C1. The molecule has 1 heterocycles. The van der Waals surface area contributed by atoms with Crippen LogP contribution in [-0.4, -0.2) is 73.8 Å². The minimum Gasteiger partial charge on any atom is -0.480 e. The van der Waals surface area contributed by atoms with Crippen molar-refractivity contribution in [1.29, 1.82) is 0 Å². The molecule has 0 spiro atoms. The maximum Gasteiger partial charge on any atom is 0.408 e. The van der Waals surface area contributed by atoms with Gasteiger partial charge in [0.2, 0.25) is 0 Å². The summed E-state index contributed by atoms with van der Waals surface area (Å²) in [4.78, 5) is 22.6. The van der Waals surface area contributed by atoms with Crippen LogP contribution in [0.1, 0.15) is 12.8 Å². The summed E-state index contributed by atoms with van der Waals surface area (Å²) in [6.07, 6.45) is -0.481. The van der Waals surface area contributed by atoms with Crippen molar-refractivity contribution in [3.05, 3.63) is 0 Å². The van der Waals surface area contributed by atoms with Gasteiger partial charge in [-0.3, -0.25) is 9.08 Å². The van der Waals surface area contributed by atoms with Gasteiger partial charge in [-0.15, -0.1) is 0 Å². The van der Waals surface area contributed by atoms with Crippen molar-refractivity contribution < 1.29 is 37.1 Å². The summed E-state index contributed by atoms with van der Waals surface area (Å²) in [5, 5.41) is 17.8. The first-order chi connectivity index (χ1) is 9.20. The second kappa shape index (κ2) is 6.86. The molecular weight excluding hydrogens is 294 g/mol. The zero-order chi connectivity index (χ0) is 15.3. The van der Waals surface area contributed by atoms with Crippen LogP contribution in [0.4, 0.5) is 4.79 Å². The fourth-order valence-electron chi connectivity index (χ4n) is 1.88. The van der Waals surface area contributed by atoms with E-state index in [1.165, 1.54) is 0 Å². The lowest BCUT2D eigenvalue weighted by atomic mass is 10.2. The van der Waals surface area contributed by atoms with Gasteiger partial charge >= 0.3 is 12.1 Å². The number of carbonyl (C=O) groups is 2. The second-order valence-corrected chi connectivity index (χ2v) is 6.04. The van der Waals surface area contributed by atoms with E-state index < -0.39 is 34.3 Å². The highest BCUT2D eigenvalue weighted by Gasteiger charge is 2.40. The van der Waals surface area contributed by atoms with E-state index in [4.69, 9.17) is 14.9 Å². The quantitative estimate of drug-likeness (QED) is 0.478. The van der Waals surface area contributed by atoms with Gasteiger partial charge in [0.25, 0.3) is 10.1 Å². The van der Waals surface area contributed by atoms with E-state index >= 15 is 0 Å². The van der Waals surface area contributed by atoms with E-state index in [0.717, 1.165) is 11.2 Å². The number of hydrogen-bond acceptors (Lipinski definition) is 6. The van der Waals surface area contributed by atoms with Crippen molar-refractivity contribution in [2.24, 2.45) is 0 Å². The van der Waals surface area contributed by atoms with E-state index in [0.29, 0.717) is 6.42 Å². The standard InChI is InChI=1S/C10H17NO8S/c1-20(16,17)19-4-2-3-18-7-5-8(9(12)13)11(6-7)10(14)15/h7-8H,2-6H2,1H3,(H,12,13)(H,14,15). The molecule has 10 heteroatoms. The van der Waals surface area contributed by atoms with Crippen LogP contribution < -0.4 is 0 Å². The summed E-state index contributed by atoms with van der Waals surface area (Å²) in [7, 11) is -3.48. The Kier molecular flexibility index (Phi) is 5.72. The van der Waals surface area contributed by atoms with Crippen LogP contribution >= 0.6 is 0 Å². The fraction of sp³-hybridized carbons (Fsp3) is 0.800. The number of likely N-dealkylation sites (tertiary alicyclic amines) is 1. The maximum atomic E-state index is 10.9. The van der Waals surface area contributed by atoms with Gasteiger partial charge in [-0.1, -0.05) is 0 Å². The lowest BCUT2D eigenvalue weighted by Gasteiger charge is -2.16. The maximum absolute atomic E-state index is 10.9. The molecule has 0 aliphatic carbocycles. The van der Waals surface area contributed by atoms with Gasteiger partial charge in [0.1, 0.15) is 6.04 Å². The minimum atomic E-state index is -3.48. The molecule has 1 fully saturated rings. The highest BCUT2D eigenvalue weighted by molar-refractivity contribution is 7.85. The van der Waals surface area contributed by atoms with Crippen LogP contribution in [0.15, 0.2) is 0 Å². The Bertz CT molecular complexity index is 440. The van der Waals surface area contributed by atoms with Crippen molar-refractivity contribution in [3.8, 4) is 0 Å². The van der Waals surface area contributed by atoms with Crippen molar-refractivity contribution >= 4 is 22.2 Å². The first-order valence-corrected chi connectivity index (χ1v) is 7.70. The van der Waals surface area contributed by atoms with Gasteiger partial charge in [0.05, 0.1) is 25.5 Å². The lowest BCUT2D eigenvalue weighted by Crippen LogP contribution is -2.39. The van der Waals surface area contributed by atoms with Crippen LogP contribution in [-0.2, 0) is 23.8 Å². The van der Waals surface area contributed by atoms with Crippen LogP contribution in [0.3, 0.4) is 0 Å². The molecule has 0 aromatic carbocycles. The minimum absolute atomic E-state index is 0.0146. The summed E-state index contributed by atoms with van der Waals surface area (Å²) in [5.41, 5.74) is 0. The molecule has 2 unspecified atom stereocenters. The van der Waals surface area contributed by atoms with Gasteiger partial charge < -0.3 is 14.9 Å². The van der Waals surface area contributed by atoms with E-state index in [1.807, 2.05) is 0 Å². The van der Waals surface area contributed by atoms with E-state index in [2.05, 4.69) is 4.18 Å². The molecule has 1 amide bonds. The molecule has 116 valence electrons. The molecule has 1 rings (SSSR count). The van der Waals surface area contributed by atoms with Gasteiger partial charge in [0.15, 0.2) is 0 Å². The largest absolute Gasteiger partial charge is 0.480 e. The smallest absolute Gasteiger partial charge is 0.408 e. The predicted molar refractivity (Wildman–Crippen MR) is 65.9 cm³/mol. The molecule has 1 saturated heterocycles. The van der Waals surface area contributed by atoms with Crippen molar-refractivity contribution in [2.75, 3.05) is 26.0 Å². The molecule has 0 bridgehead atoms. The van der Waals surface area contributed by atoms with Crippen LogP contribution in [0.25, 0.3) is 0 Å². The second-order valence-electron chi connectivity index (χ2n) is 4.40. The molecule has 0 aromatic heterocycles. The Labute approximate surface area is 116 Å². The first kappa shape index (κ1) is 16.7. The van der Waals surface area contributed by atoms with Crippen LogP contribution in [0.5, 0.6) is 0 Å². The molecule has 1 aliphatic rings. The molecule has 20 heavy (non-hydrogen) atoms. The number of nitrogens with zero attached hydrogens (tertiary/aromatic N) is 1. The molecular formula is C10H17NO8S. The molecule has 2 N–H and O–H groups in total. The zero-order valence-corrected chi connectivity index (χ0v) is 11.7. The molecule has 0 aromatic rings. The lowest BCUT2D eigenvalue weighted by molar-refractivity contribution is -0.141. The van der Waals surface area contributed by atoms with Gasteiger partial charge in [-0.25, -0.2) is 9.59 Å². The van der Waals surface area contributed by atoms with Crippen molar-refractivity contribution in [2.45, 2.75) is 25.0 Å². The number of carboxylic acid groups (broad SMARTS) is 2. The predicted octanol–water partition coefficient (Wildman–Crippen LogP) is -0.425. The van der Waals surface area contributed by atoms with E-state index in [1.54, 1.807) is 0 Å². The first-order valence-electron chi connectivity index (χ1n) is 5.89. The third kappa shape index (κ3) is 5.31. The summed E-state index contributed by atoms with van der Waals surface area (Å²) in [6, 6.07) is -1.11. The number of ether oxygens (including phenoxy) is 1. The molecule has 0 radical (unpaired) electrons. The highest BCUT2D eigenvalue weighted by Crippen LogP contribution is 2.20. The third-order valence-electron chi connectivity index (χ3n) is 2.73. The summed E-state index contributed by atoms with van der Waals surface area (Å²) in [5.74, 6) is -1.21. The third-order valence-corrected chi connectivity index (χ3v) is 3.33. The van der Waals surface area contributed by atoms with Crippen LogP contribution in [0.2, 0.25) is 0 Å². The average molecular weight is 311 g/mol. The van der Waals surface area contributed by atoms with Gasteiger partial charge in [-0.05, 0) is 6.42 Å². The average Bonchev–Trinajstić information content (AvgIpc) is 2.71. The van der Waals surface area contributed by atoms with E-state index in [9.17, 15) is 18.0 Å². The number of amides is 1. The summed E-state index contributed by atoms with van der Waals surface area (Å²) in [6.45, 7) is 0.121. The number of carboxylic acids is 1. The number of hydrogen-bond donors (Lipinski definition) is 2. The fourth-order valence-corrected chi connectivity index (χ4v) is 2.30. The zero-order valence-electron chi connectivity index (χ0n) is 10.9. The number of rotatable bonds is 7. The highest BCUT2D eigenvalue weighted by atomic mass is 32.2. The van der Waals surface area contributed by atoms with Gasteiger partial charge in [0, 0.05) is 13.0 Å². The summed E-state index contributed by atoms with van der Waals surface area (Å²) < 4.78 is 31.2. The van der Waals surface area contributed by atoms with Crippen molar-refractivity contribution in [3.63, 3.8) is 0 Å². The Hall–Kier alpha value is -1.39. The van der Waals surface area contributed by atoms with Crippen molar-refractivity contribution in [1.82, 2.24) is 4.90 Å². The Morgan fingerprint density at radius 3 is 2.40 bits per heavy atom. The summed E-state index contributed by atoms with van der Waals surface area (Å²) >= 11 is 0. The Balaban J connectivity index is 2.32. The van der Waals surface area contributed by atoms with Crippen LogP contribution in [0, 0.1) is 0 Å². The Morgan fingerprint density at radius 1 is 1.30 bits per heavy atom. The molecule has 9 nitrogen and oxygen atoms in total. The monoisotopic (exact) mass is 311 g/mol. The van der Waals surface area contributed by atoms with Gasteiger partial charge in [-0.2, -0.15) is 8.42 Å². The number of aliphatic carboxylic acids is 1. The Morgan fingerprint density at radius 2 is 1.95 bits per heavy atom. The van der Waals surface area contributed by atoms with E-state index in [-0.39, 0.29) is 26.2 Å². The normalized spacial score (nSPS) is 22.9. The molecule has 1 aliphatic heterocycles. The molecule has 2 atom stereocenters.